The van der Waals surface area contributed by atoms with Crippen LogP contribution in [0.1, 0.15) is 20.7 Å². The molecule has 0 radical (unpaired) electrons. The van der Waals surface area contributed by atoms with E-state index in [-0.39, 0.29) is 16.7 Å². The zero-order valence-corrected chi connectivity index (χ0v) is 13.5. The van der Waals surface area contributed by atoms with Crippen LogP contribution >= 0.6 is 0 Å². The van der Waals surface area contributed by atoms with Gasteiger partial charge in [0.25, 0.3) is 11.8 Å². The number of hydrazine groups is 1. The van der Waals surface area contributed by atoms with E-state index in [4.69, 9.17) is 9.15 Å². The number of fused-ring (bicyclic) bond motifs is 1. The highest BCUT2D eigenvalue weighted by Crippen LogP contribution is 2.20. The van der Waals surface area contributed by atoms with Gasteiger partial charge in [-0.3, -0.25) is 20.4 Å². The number of hydrogen-bond donors (Lipinski definition) is 2. The molecule has 1 aromatic heterocycles. The van der Waals surface area contributed by atoms with Crippen LogP contribution in [0.2, 0.25) is 0 Å². The van der Waals surface area contributed by atoms with Crippen molar-refractivity contribution in [1.82, 2.24) is 10.9 Å². The topological polar surface area (TPSA) is 97.6 Å². The summed E-state index contributed by atoms with van der Waals surface area (Å²) in [6.07, 6.45) is 0. The molecular weight excluding hydrogens is 343 g/mol. The SMILES string of the molecule is COc1ccc2cc(C(=O)NNC(=O)c3ccccc3F)c(=O)oc2c1. The third kappa shape index (κ3) is 3.39. The van der Waals surface area contributed by atoms with E-state index in [1.165, 1.54) is 37.4 Å². The second kappa shape index (κ2) is 7.06. The van der Waals surface area contributed by atoms with Crippen molar-refractivity contribution in [2.75, 3.05) is 7.11 Å². The van der Waals surface area contributed by atoms with Gasteiger partial charge in [0.1, 0.15) is 22.7 Å². The molecule has 0 aliphatic heterocycles. The third-order valence-corrected chi connectivity index (χ3v) is 3.60. The number of halogens is 1. The predicted molar refractivity (Wildman–Crippen MR) is 90.4 cm³/mol. The van der Waals surface area contributed by atoms with E-state index in [9.17, 15) is 18.8 Å². The van der Waals surface area contributed by atoms with E-state index in [1.807, 2.05) is 0 Å². The molecule has 0 bridgehead atoms. The lowest BCUT2D eigenvalue weighted by Gasteiger charge is -2.08. The monoisotopic (exact) mass is 356 g/mol. The Bertz CT molecular complexity index is 1060. The summed E-state index contributed by atoms with van der Waals surface area (Å²) in [5.74, 6) is -1.99. The first-order chi connectivity index (χ1) is 12.5. The normalized spacial score (nSPS) is 10.4. The van der Waals surface area contributed by atoms with Crippen LogP contribution in [-0.2, 0) is 0 Å². The van der Waals surface area contributed by atoms with Gasteiger partial charge in [-0.2, -0.15) is 0 Å². The molecule has 0 saturated heterocycles. The molecule has 1 heterocycles. The van der Waals surface area contributed by atoms with Crippen LogP contribution in [0, 0.1) is 5.82 Å². The number of methoxy groups -OCH3 is 1. The standard InChI is InChI=1S/C18H13FN2O5/c1-25-11-7-6-10-8-13(18(24)26-15(10)9-11)17(23)21-20-16(22)12-4-2-3-5-14(12)19/h2-9H,1H3,(H,20,22)(H,21,23). The van der Waals surface area contributed by atoms with Gasteiger partial charge in [0, 0.05) is 11.5 Å². The fraction of sp³-hybridized carbons (Fsp3) is 0.0556. The van der Waals surface area contributed by atoms with E-state index < -0.39 is 23.3 Å². The number of hydrogen-bond acceptors (Lipinski definition) is 5. The molecule has 26 heavy (non-hydrogen) atoms. The minimum absolute atomic E-state index is 0.245. The molecule has 0 aliphatic rings. The number of carbonyl (C=O) groups excluding carboxylic acids is 2. The molecule has 2 N–H and O–H groups in total. The van der Waals surface area contributed by atoms with Crippen LogP contribution in [0.5, 0.6) is 5.75 Å². The van der Waals surface area contributed by atoms with E-state index in [0.717, 1.165) is 6.07 Å². The lowest BCUT2D eigenvalue weighted by molar-refractivity contribution is 0.0842. The lowest BCUT2D eigenvalue weighted by Crippen LogP contribution is -2.43. The van der Waals surface area contributed by atoms with Crippen molar-refractivity contribution in [2.24, 2.45) is 0 Å². The largest absolute Gasteiger partial charge is 0.497 e. The second-order valence-electron chi connectivity index (χ2n) is 5.24. The van der Waals surface area contributed by atoms with Gasteiger partial charge in [0.15, 0.2) is 0 Å². The third-order valence-electron chi connectivity index (χ3n) is 3.60. The van der Waals surface area contributed by atoms with Crippen molar-refractivity contribution in [3.05, 3.63) is 75.9 Å². The summed E-state index contributed by atoms with van der Waals surface area (Å²) in [5, 5.41) is 0.496. The molecule has 7 nitrogen and oxygen atoms in total. The van der Waals surface area contributed by atoms with Gasteiger partial charge in [-0.25, -0.2) is 9.18 Å². The van der Waals surface area contributed by atoms with E-state index >= 15 is 0 Å². The van der Waals surface area contributed by atoms with Gasteiger partial charge in [0.05, 0.1) is 12.7 Å². The predicted octanol–water partition coefficient (Wildman–Crippen LogP) is 2.02. The average Bonchev–Trinajstić information content (AvgIpc) is 2.65. The summed E-state index contributed by atoms with van der Waals surface area (Å²) in [4.78, 5) is 36.0. The maximum Gasteiger partial charge on any atom is 0.349 e. The Hall–Kier alpha value is -3.68. The molecule has 3 aromatic rings. The fourth-order valence-corrected chi connectivity index (χ4v) is 2.27. The van der Waals surface area contributed by atoms with E-state index in [0.29, 0.717) is 11.1 Å². The lowest BCUT2D eigenvalue weighted by atomic mass is 10.1. The van der Waals surface area contributed by atoms with Crippen LogP contribution in [0.25, 0.3) is 11.0 Å². The van der Waals surface area contributed by atoms with Gasteiger partial charge in [-0.05, 0) is 30.3 Å². The van der Waals surface area contributed by atoms with Gasteiger partial charge in [-0.15, -0.1) is 0 Å². The summed E-state index contributed by atoms with van der Waals surface area (Å²) in [7, 11) is 1.47. The Labute approximate surface area is 146 Å². The molecule has 0 aliphatic carbocycles. The number of carbonyl (C=O) groups is 2. The van der Waals surface area contributed by atoms with Gasteiger partial charge < -0.3 is 9.15 Å². The zero-order valence-electron chi connectivity index (χ0n) is 13.5. The Morgan fingerprint density at radius 3 is 2.38 bits per heavy atom. The van der Waals surface area contributed by atoms with Crippen molar-refractivity contribution in [3.63, 3.8) is 0 Å². The molecule has 0 fully saturated rings. The highest BCUT2D eigenvalue weighted by atomic mass is 19.1. The summed E-state index contributed by atoms with van der Waals surface area (Å²) in [5.41, 5.74) is 2.93. The van der Waals surface area contributed by atoms with E-state index in [1.54, 1.807) is 12.1 Å². The highest BCUT2D eigenvalue weighted by Gasteiger charge is 2.16. The summed E-state index contributed by atoms with van der Waals surface area (Å²) in [6, 6.07) is 11.4. The molecule has 0 saturated carbocycles. The van der Waals surface area contributed by atoms with Crippen molar-refractivity contribution in [3.8, 4) is 5.75 Å². The molecule has 2 amide bonds. The highest BCUT2D eigenvalue weighted by molar-refractivity contribution is 6.00. The van der Waals surface area contributed by atoms with Gasteiger partial charge in [0.2, 0.25) is 0 Å². The molecule has 0 spiro atoms. The van der Waals surface area contributed by atoms with Crippen molar-refractivity contribution in [2.45, 2.75) is 0 Å². The number of benzene rings is 2. The summed E-state index contributed by atoms with van der Waals surface area (Å²) < 4.78 is 23.7. The molecule has 8 heteroatoms. The Morgan fingerprint density at radius 1 is 1.00 bits per heavy atom. The number of ether oxygens (including phenoxy) is 1. The average molecular weight is 356 g/mol. The molecule has 0 atom stereocenters. The molecule has 132 valence electrons. The molecular formula is C18H13FN2O5. The zero-order chi connectivity index (χ0) is 18.7. The first-order valence-electron chi connectivity index (χ1n) is 7.46. The Balaban J connectivity index is 1.79. The maximum absolute atomic E-state index is 13.5. The van der Waals surface area contributed by atoms with Crippen LogP contribution in [-0.4, -0.2) is 18.9 Å². The van der Waals surface area contributed by atoms with E-state index in [2.05, 4.69) is 10.9 Å². The quantitative estimate of drug-likeness (QED) is 0.553. The minimum Gasteiger partial charge on any atom is -0.497 e. The first-order valence-corrected chi connectivity index (χ1v) is 7.46. The maximum atomic E-state index is 13.5. The first kappa shape index (κ1) is 17.2. The van der Waals surface area contributed by atoms with Crippen LogP contribution in [0.15, 0.2) is 57.7 Å². The Kier molecular flexibility index (Phi) is 4.66. The smallest absolute Gasteiger partial charge is 0.349 e. The molecule has 3 rings (SSSR count). The van der Waals surface area contributed by atoms with Crippen LogP contribution in [0.4, 0.5) is 4.39 Å². The fourth-order valence-electron chi connectivity index (χ4n) is 2.27. The Morgan fingerprint density at radius 2 is 1.69 bits per heavy atom. The number of nitrogens with one attached hydrogen (secondary N) is 2. The summed E-state index contributed by atoms with van der Waals surface area (Å²) >= 11 is 0. The van der Waals surface area contributed by atoms with Gasteiger partial charge in [-0.1, -0.05) is 12.1 Å². The molecule has 2 aromatic carbocycles. The summed E-state index contributed by atoms with van der Waals surface area (Å²) in [6.45, 7) is 0. The van der Waals surface area contributed by atoms with Crippen LogP contribution < -0.4 is 21.2 Å². The van der Waals surface area contributed by atoms with Crippen molar-refractivity contribution >= 4 is 22.8 Å². The minimum atomic E-state index is -0.888. The van der Waals surface area contributed by atoms with Crippen LogP contribution in [0.3, 0.4) is 0 Å². The second-order valence-corrected chi connectivity index (χ2v) is 5.24. The number of rotatable bonds is 3. The van der Waals surface area contributed by atoms with Crippen molar-refractivity contribution < 1.29 is 23.1 Å². The molecule has 0 unspecified atom stereocenters. The van der Waals surface area contributed by atoms with Crippen molar-refractivity contribution in [1.29, 1.82) is 0 Å². The van der Waals surface area contributed by atoms with Gasteiger partial charge >= 0.3 is 5.63 Å². The number of amides is 2.